The zero-order chi connectivity index (χ0) is 25.1. The van der Waals surface area contributed by atoms with Crippen molar-refractivity contribution in [1.29, 1.82) is 0 Å². The first-order valence-corrected chi connectivity index (χ1v) is 14.9. The fourth-order valence-electron chi connectivity index (χ4n) is 6.69. The van der Waals surface area contributed by atoms with Crippen LogP contribution in [0.2, 0.25) is 0 Å². The lowest BCUT2D eigenvalue weighted by atomic mass is 9.80. The molecule has 200 valence electrons. The number of aromatic nitrogens is 1. The molecule has 2 aromatic carbocycles. The van der Waals surface area contributed by atoms with Crippen LogP contribution >= 0.6 is 28.3 Å². The van der Waals surface area contributed by atoms with Crippen LogP contribution in [0.4, 0.5) is 0 Å². The largest absolute Gasteiger partial charge is 0.347 e. The van der Waals surface area contributed by atoms with Crippen LogP contribution in [0.15, 0.2) is 53.1 Å². The predicted molar refractivity (Wildman–Crippen MR) is 161 cm³/mol. The lowest BCUT2D eigenvalue weighted by Crippen LogP contribution is -2.27. The van der Waals surface area contributed by atoms with Gasteiger partial charge in [0, 0.05) is 52.9 Å². The highest BCUT2D eigenvalue weighted by atomic mass is 79.9. The summed E-state index contributed by atoms with van der Waals surface area (Å²) in [4.78, 5) is 13.5. The third kappa shape index (κ3) is 7.07. The van der Waals surface area contributed by atoms with Gasteiger partial charge in [-0.1, -0.05) is 65.0 Å². The number of nitrogens with zero attached hydrogens (tertiary/aromatic N) is 1. The molecular formula is C32H42BrClN2O. The number of carbonyl (C=O) groups excluding carboxylic acids is 1. The van der Waals surface area contributed by atoms with Crippen molar-refractivity contribution in [1.82, 2.24) is 4.57 Å². The normalized spacial score (nSPS) is 21.5. The van der Waals surface area contributed by atoms with E-state index in [4.69, 9.17) is 5.73 Å². The van der Waals surface area contributed by atoms with E-state index in [9.17, 15) is 4.79 Å². The summed E-state index contributed by atoms with van der Waals surface area (Å²) in [6.07, 6.45) is 14.7. The van der Waals surface area contributed by atoms with Crippen molar-refractivity contribution in [2.45, 2.75) is 96.1 Å². The molecule has 37 heavy (non-hydrogen) atoms. The molecule has 5 rings (SSSR count). The molecule has 3 aromatic rings. The molecule has 2 saturated carbocycles. The van der Waals surface area contributed by atoms with E-state index in [1.165, 1.54) is 59.7 Å². The second-order valence-electron chi connectivity index (χ2n) is 11.6. The fourth-order valence-corrected chi connectivity index (χ4v) is 7.05. The maximum absolute atomic E-state index is 13.5. The van der Waals surface area contributed by atoms with Crippen molar-refractivity contribution in [3.63, 3.8) is 0 Å². The van der Waals surface area contributed by atoms with E-state index in [0.717, 1.165) is 42.6 Å². The number of benzene rings is 2. The van der Waals surface area contributed by atoms with E-state index in [0.29, 0.717) is 30.6 Å². The van der Waals surface area contributed by atoms with Gasteiger partial charge in [0.05, 0.1) is 0 Å². The highest BCUT2D eigenvalue weighted by molar-refractivity contribution is 9.10. The van der Waals surface area contributed by atoms with Crippen LogP contribution in [-0.4, -0.2) is 16.4 Å². The summed E-state index contributed by atoms with van der Waals surface area (Å²) in [6.45, 7) is 3.23. The second-order valence-corrected chi connectivity index (χ2v) is 12.5. The Morgan fingerprint density at radius 1 is 1.00 bits per heavy atom. The number of rotatable bonds is 8. The van der Waals surface area contributed by atoms with Gasteiger partial charge in [0.2, 0.25) is 0 Å². The number of Topliss-reactive ketones (excluding diaryl/α,β-unsaturated/α-hetero) is 1. The summed E-state index contributed by atoms with van der Waals surface area (Å²) in [7, 11) is 0. The number of carbonyl (C=O) groups is 1. The van der Waals surface area contributed by atoms with Crippen molar-refractivity contribution in [2.75, 3.05) is 0 Å². The molecule has 1 aromatic heterocycles. The number of hydrogen-bond acceptors (Lipinski definition) is 2. The Hall–Kier alpha value is -1.62. The van der Waals surface area contributed by atoms with Crippen molar-refractivity contribution >= 4 is 45.0 Å². The zero-order valence-electron chi connectivity index (χ0n) is 22.1. The molecule has 2 aliphatic carbocycles. The summed E-state index contributed by atoms with van der Waals surface area (Å²) in [6, 6.07) is 15.8. The zero-order valence-corrected chi connectivity index (χ0v) is 24.5. The Bertz CT molecular complexity index is 1190. The number of hydrogen-bond donors (Lipinski definition) is 1. The molecule has 0 radical (unpaired) electrons. The van der Waals surface area contributed by atoms with Crippen LogP contribution in [0.25, 0.3) is 10.9 Å². The average molecular weight is 586 g/mol. The van der Waals surface area contributed by atoms with Crippen molar-refractivity contribution in [2.24, 2.45) is 17.6 Å². The third-order valence-electron chi connectivity index (χ3n) is 8.71. The minimum atomic E-state index is 0. The minimum absolute atomic E-state index is 0. The van der Waals surface area contributed by atoms with Gasteiger partial charge in [-0.15, -0.1) is 12.4 Å². The van der Waals surface area contributed by atoms with E-state index < -0.39 is 0 Å². The molecule has 2 N–H and O–H groups in total. The quantitative estimate of drug-likeness (QED) is 0.287. The number of fused-ring (bicyclic) bond motifs is 1. The van der Waals surface area contributed by atoms with Gasteiger partial charge >= 0.3 is 0 Å². The molecule has 0 aliphatic heterocycles. The van der Waals surface area contributed by atoms with E-state index in [-0.39, 0.29) is 18.3 Å². The highest BCUT2D eigenvalue weighted by Crippen LogP contribution is 2.38. The van der Waals surface area contributed by atoms with E-state index >= 15 is 0 Å². The summed E-state index contributed by atoms with van der Waals surface area (Å²) < 4.78 is 3.59. The molecule has 1 unspecified atom stereocenters. The van der Waals surface area contributed by atoms with Crippen LogP contribution in [0.5, 0.6) is 0 Å². The molecule has 1 atom stereocenters. The first kappa shape index (κ1) is 28.4. The standard InChI is InChI=1S/C32H41BrN2O.ClH/c1-22-6-5-9-25(16-22)29(19-28(36)17-23-10-13-27(34)14-11-23)31-21-35(20-24-7-3-2-4-8-24)32-15-12-26(33)18-30(31)32;/h5-6,9,12,15-16,18,21,23-24,27,29H,2-4,7-8,10-11,13-14,17,19-20,34H2,1H3;1H. The number of aryl methyl sites for hydroxylation is 1. The van der Waals surface area contributed by atoms with Crippen LogP contribution in [0.3, 0.4) is 0 Å². The molecule has 3 nitrogen and oxygen atoms in total. The topological polar surface area (TPSA) is 48.0 Å². The smallest absolute Gasteiger partial charge is 0.134 e. The molecule has 0 spiro atoms. The summed E-state index contributed by atoms with van der Waals surface area (Å²) >= 11 is 3.73. The molecule has 0 amide bonds. The lowest BCUT2D eigenvalue weighted by Gasteiger charge is -2.26. The van der Waals surface area contributed by atoms with Crippen LogP contribution in [0, 0.1) is 18.8 Å². The molecule has 1 heterocycles. The summed E-state index contributed by atoms with van der Waals surface area (Å²) in [5, 5.41) is 1.28. The van der Waals surface area contributed by atoms with Crippen LogP contribution in [-0.2, 0) is 11.3 Å². The lowest BCUT2D eigenvalue weighted by molar-refractivity contribution is -0.120. The Kier molecular flexibility index (Phi) is 9.94. The number of nitrogens with two attached hydrogens (primary N) is 1. The Morgan fingerprint density at radius 3 is 2.49 bits per heavy atom. The van der Waals surface area contributed by atoms with Gasteiger partial charge in [0.25, 0.3) is 0 Å². The average Bonchev–Trinajstić information content (AvgIpc) is 3.21. The van der Waals surface area contributed by atoms with Gasteiger partial charge in [0.15, 0.2) is 0 Å². The van der Waals surface area contributed by atoms with Crippen LogP contribution in [0.1, 0.15) is 93.2 Å². The molecular weight excluding hydrogens is 544 g/mol. The van der Waals surface area contributed by atoms with Gasteiger partial charge in [-0.05, 0) is 86.6 Å². The highest BCUT2D eigenvalue weighted by Gasteiger charge is 2.27. The first-order chi connectivity index (χ1) is 17.5. The summed E-state index contributed by atoms with van der Waals surface area (Å²) in [5.41, 5.74) is 11.2. The maximum Gasteiger partial charge on any atom is 0.134 e. The molecule has 0 saturated heterocycles. The molecule has 0 bridgehead atoms. The number of halogens is 2. The second kappa shape index (κ2) is 13.0. The number of ketones is 1. The first-order valence-electron chi connectivity index (χ1n) is 14.1. The van der Waals surface area contributed by atoms with E-state index in [1.807, 2.05) is 0 Å². The van der Waals surface area contributed by atoms with Gasteiger partial charge in [-0.2, -0.15) is 0 Å². The van der Waals surface area contributed by atoms with Gasteiger partial charge in [-0.25, -0.2) is 0 Å². The van der Waals surface area contributed by atoms with Crippen molar-refractivity contribution in [3.8, 4) is 0 Å². The molecule has 5 heteroatoms. The third-order valence-corrected chi connectivity index (χ3v) is 9.21. The van der Waals surface area contributed by atoms with E-state index in [2.05, 4.69) is 76.1 Å². The molecule has 2 fully saturated rings. The monoisotopic (exact) mass is 584 g/mol. The predicted octanol–water partition coefficient (Wildman–Crippen LogP) is 8.71. The minimum Gasteiger partial charge on any atom is -0.347 e. The van der Waals surface area contributed by atoms with Gasteiger partial charge in [0.1, 0.15) is 5.78 Å². The SMILES string of the molecule is Cc1cccc(C(CC(=O)CC2CCC(N)CC2)c2cn(CC3CCCCC3)c3ccc(Br)cc23)c1.Cl. The van der Waals surface area contributed by atoms with Crippen molar-refractivity contribution < 1.29 is 4.79 Å². The Balaban J connectivity index is 0.00000320. The van der Waals surface area contributed by atoms with Crippen molar-refractivity contribution in [3.05, 3.63) is 69.8 Å². The Labute approximate surface area is 237 Å². The van der Waals surface area contributed by atoms with Gasteiger partial charge in [-0.3, -0.25) is 4.79 Å². The maximum atomic E-state index is 13.5. The van der Waals surface area contributed by atoms with E-state index in [1.54, 1.807) is 0 Å². The van der Waals surface area contributed by atoms with Gasteiger partial charge < -0.3 is 10.3 Å². The Morgan fingerprint density at radius 2 is 1.76 bits per heavy atom. The fraction of sp³-hybridized carbons (Fsp3) is 0.531. The molecule has 2 aliphatic rings. The summed E-state index contributed by atoms with van der Waals surface area (Å²) in [5.74, 6) is 1.72. The van der Waals surface area contributed by atoms with Crippen LogP contribution < -0.4 is 5.73 Å².